The highest BCUT2D eigenvalue weighted by Crippen LogP contribution is 2.36. The molecule has 0 saturated carbocycles. The Kier molecular flexibility index (Phi) is 4.87. The molecule has 1 atom stereocenters. The molecular weight excluding hydrogens is 294 g/mol. The summed E-state index contributed by atoms with van der Waals surface area (Å²) in [7, 11) is 1.64. The molecule has 1 fully saturated rings. The topological polar surface area (TPSA) is 67.8 Å². The van der Waals surface area contributed by atoms with Crippen molar-refractivity contribution >= 4 is 5.91 Å². The standard InChI is InChI=1S/C18H25NO4/c1-22-15-4-5-16-14(11-15)3-2-8-18(16,21)12-19-17(20)13-6-9-23-10-7-13/h4-5,11,13,21H,2-3,6-10,12H2,1H3,(H,19,20). The molecule has 1 saturated heterocycles. The maximum atomic E-state index is 12.3. The quantitative estimate of drug-likeness (QED) is 0.887. The lowest BCUT2D eigenvalue weighted by molar-refractivity contribution is -0.129. The predicted molar refractivity (Wildman–Crippen MR) is 86.4 cm³/mol. The van der Waals surface area contributed by atoms with E-state index >= 15 is 0 Å². The zero-order valence-electron chi connectivity index (χ0n) is 13.6. The number of aliphatic hydroxyl groups is 1. The molecule has 23 heavy (non-hydrogen) atoms. The summed E-state index contributed by atoms with van der Waals surface area (Å²) < 4.78 is 10.6. The monoisotopic (exact) mass is 319 g/mol. The Labute approximate surface area is 137 Å². The maximum Gasteiger partial charge on any atom is 0.223 e. The number of methoxy groups -OCH3 is 1. The van der Waals surface area contributed by atoms with Gasteiger partial charge in [0.1, 0.15) is 11.4 Å². The van der Waals surface area contributed by atoms with Crippen molar-refractivity contribution in [1.82, 2.24) is 5.32 Å². The van der Waals surface area contributed by atoms with E-state index in [1.165, 1.54) is 0 Å². The fourth-order valence-electron chi connectivity index (χ4n) is 3.58. The number of hydrogen-bond acceptors (Lipinski definition) is 4. The summed E-state index contributed by atoms with van der Waals surface area (Å²) in [6.07, 6.45) is 4.03. The van der Waals surface area contributed by atoms with Crippen molar-refractivity contribution in [1.29, 1.82) is 0 Å². The van der Waals surface area contributed by atoms with Crippen LogP contribution >= 0.6 is 0 Å². The van der Waals surface area contributed by atoms with Crippen LogP contribution in [0.15, 0.2) is 18.2 Å². The second-order valence-corrected chi connectivity index (χ2v) is 6.51. The number of carbonyl (C=O) groups excluding carboxylic acids is 1. The highest BCUT2D eigenvalue weighted by molar-refractivity contribution is 5.78. The number of fused-ring (bicyclic) bond motifs is 1. The Balaban J connectivity index is 1.69. The summed E-state index contributed by atoms with van der Waals surface area (Å²) in [6.45, 7) is 1.55. The zero-order valence-corrected chi connectivity index (χ0v) is 13.6. The van der Waals surface area contributed by atoms with E-state index in [1.54, 1.807) is 7.11 Å². The molecule has 0 spiro atoms. The third-order valence-electron chi connectivity index (χ3n) is 5.00. The molecule has 1 amide bonds. The molecule has 1 aromatic carbocycles. The molecule has 2 aliphatic rings. The van der Waals surface area contributed by atoms with Gasteiger partial charge in [-0.3, -0.25) is 4.79 Å². The van der Waals surface area contributed by atoms with Gasteiger partial charge in [0.05, 0.1) is 13.7 Å². The van der Waals surface area contributed by atoms with Crippen LogP contribution in [0.25, 0.3) is 0 Å². The normalized spacial score (nSPS) is 24.8. The minimum Gasteiger partial charge on any atom is -0.497 e. The van der Waals surface area contributed by atoms with E-state index in [0.29, 0.717) is 19.6 Å². The second-order valence-electron chi connectivity index (χ2n) is 6.51. The van der Waals surface area contributed by atoms with E-state index in [9.17, 15) is 9.90 Å². The average Bonchev–Trinajstić information content (AvgIpc) is 2.60. The van der Waals surface area contributed by atoms with Gasteiger partial charge in [0.15, 0.2) is 0 Å². The van der Waals surface area contributed by atoms with Gasteiger partial charge in [0.2, 0.25) is 5.91 Å². The van der Waals surface area contributed by atoms with Crippen LogP contribution in [0.5, 0.6) is 5.75 Å². The van der Waals surface area contributed by atoms with E-state index in [1.807, 2.05) is 18.2 Å². The Bertz CT molecular complexity index is 568. The Morgan fingerprint density at radius 1 is 1.43 bits per heavy atom. The molecule has 1 aliphatic heterocycles. The fraction of sp³-hybridized carbons (Fsp3) is 0.611. The molecule has 5 heteroatoms. The Morgan fingerprint density at radius 3 is 2.96 bits per heavy atom. The smallest absolute Gasteiger partial charge is 0.223 e. The largest absolute Gasteiger partial charge is 0.497 e. The van der Waals surface area contributed by atoms with Gasteiger partial charge < -0.3 is 19.9 Å². The van der Waals surface area contributed by atoms with E-state index < -0.39 is 5.60 Å². The van der Waals surface area contributed by atoms with E-state index in [2.05, 4.69) is 5.32 Å². The number of aryl methyl sites for hydroxylation is 1. The van der Waals surface area contributed by atoms with Crippen molar-refractivity contribution in [2.45, 2.75) is 37.7 Å². The third kappa shape index (κ3) is 3.51. The van der Waals surface area contributed by atoms with Crippen molar-refractivity contribution in [3.63, 3.8) is 0 Å². The van der Waals surface area contributed by atoms with Gasteiger partial charge in [-0.2, -0.15) is 0 Å². The Hall–Kier alpha value is -1.59. The molecule has 2 N–H and O–H groups in total. The number of nitrogens with one attached hydrogen (secondary N) is 1. The number of amides is 1. The van der Waals surface area contributed by atoms with Crippen molar-refractivity contribution in [3.8, 4) is 5.75 Å². The van der Waals surface area contributed by atoms with Crippen LogP contribution in [0, 0.1) is 5.92 Å². The summed E-state index contributed by atoms with van der Waals surface area (Å²) in [5.74, 6) is 0.841. The van der Waals surface area contributed by atoms with Crippen molar-refractivity contribution < 1.29 is 19.4 Å². The van der Waals surface area contributed by atoms with Gasteiger partial charge in [0, 0.05) is 19.1 Å². The number of benzene rings is 1. The van der Waals surface area contributed by atoms with Gasteiger partial charge >= 0.3 is 0 Å². The Morgan fingerprint density at radius 2 is 2.22 bits per heavy atom. The maximum absolute atomic E-state index is 12.3. The molecule has 0 bridgehead atoms. The van der Waals surface area contributed by atoms with Gasteiger partial charge in [-0.1, -0.05) is 6.07 Å². The first-order valence-electron chi connectivity index (χ1n) is 8.37. The van der Waals surface area contributed by atoms with Crippen molar-refractivity contribution in [3.05, 3.63) is 29.3 Å². The van der Waals surface area contributed by atoms with Gasteiger partial charge in [-0.15, -0.1) is 0 Å². The summed E-state index contributed by atoms with van der Waals surface area (Å²) in [6, 6.07) is 5.78. The lowest BCUT2D eigenvalue weighted by atomic mass is 9.79. The van der Waals surface area contributed by atoms with E-state index in [4.69, 9.17) is 9.47 Å². The third-order valence-corrected chi connectivity index (χ3v) is 5.00. The molecule has 1 unspecified atom stereocenters. The molecule has 1 heterocycles. The molecule has 3 rings (SSSR count). The first kappa shape index (κ1) is 16.3. The molecule has 5 nitrogen and oxygen atoms in total. The number of carbonyl (C=O) groups is 1. The number of ether oxygens (including phenoxy) is 2. The molecule has 0 radical (unpaired) electrons. The average molecular weight is 319 g/mol. The highest BCUT2D eigenvalue weighted by atomic mass is 16.5. The van der Waals surface area contributed by atoms with Crippen LogP contribution in [0.2, 0.25) is 0 Å². The summed E-state index contributed by atoms with van der Waals surface area (Å²) in [4.78, 5) is 12.3. The van der Waals surface area contributed by atoms with Crippen molar-refractivity contribution in [2.24, 2.45) is 5.92 Å². The fourth-order valence-corrected chi connectivity index (χ4v) is 3.58. The minimum atomic E-state index is -0.985. The van der Waals surface area contributed by atoms with Crippen molar-refractivity contribution in [2.75, 3.05) is 26.9 Å². The summed E-state index contributed by atoms with van der Waals surface area (Å²) in [5.41, 5.74) is 1.04. The highest BCUT2D eigenvalue weighted by Gasteiger charge is 2.35. The van der Waals surface area contributed by atoms with Crippen LogP contribution in [-0.2, 0) is 21.6 Å². The number of hydrogen-bond donors (Lipinski definition) is 2. The van der Waals surface area contributed by atoms with Crippen LogP contribution < -0.4 is 10.1 Å². The number of rotatable bonds is 4. The van der Waals surface area contributed by atoms with Crippen LogP contribution in [0.3, 0.4) is 0 Å². The molecule has 1 aliphatic carbocycles. The summed E-state index contributed by atoms with van der Waals surface area (Å²) in [5, 5.41) is 14.0. The van der Waals surface area contributed by atoms with Gasteiger partial charge in [0.25, 0.3) is 0 Å². The lowest BCUT2D eigenvalue weighted by Crippen LogP contribution is -2.45. The van der Waals surface area contributed by atoms with Gasteiger partial charge in [-0.05, 0) is 55.4 Å². The SMILES string of the molecule is COc1ccc2c(c1)CCCC2(O)CNC(=O)C1CCOCC1. The molecule has 0 aromatic heterocycles. The summed E-state index contributed by atoms with van der Waals surface area (Å²) >= 11 is 0. The van der Waals surface area contributed by atoms with Crippen LogP contribution in [-0.4, -0.2) is 37.9 Å². The molecule has 1 aromatic rings. The zero-order chi connectivity index (χ0) is 16.3. The van der Waals surface area contributed by atoms with E-state index in [-0.39, 0.29) is 18.4 Å². The van der Waals surface area contributed by atoms with E-state index in [0.717, 1.165) is 42.6 Å². The molecule has 126 valence electrons. The minimum absolute atomic E-state index is 0.00581. The van der Waals surface area contributed by atoms with Gasteiger partial charge in [-0.25, -0.2) is 0 Å². The molecular formula is C18H25NO4. The van der Waals surface area contributed by atoms with Crippen LogP contribution in [0.1, 0.15) is 36.8 Å². The first-order chi connectivity index (χ1) is 11.1. The van der Waals surface area contributed by atoms with Crippen LogP contribution in [0.4, 0.5) is 0 Å². The second kappa shape index (κ2) is 6.89. The predicted octanol–water partition coefficient (Wildman–Crippen LogP) is 1.76. The first-order valence-corrected chi connectivity index (χ1v) is 8.37. The lowest BCUT2D eigenvalue weighted by Gasteiger charge is -2.35.